The number of halogens is 4. The largest absolute Gasteiger partial charge is 0.416 e. The molecule has 10 heteroatoms. The van der Waals surface area contributed by atoms with Crippen molar-refractivity contribution in [2.75, 3.05) is 36.5 Å². The lowest BCUT2D eigenvalue weighted by atomic mass is 10.1. The van der Waals surface area contributed by atoms with E-state index >= 15 is 0 Å². The zero-order valence-electron chi connectivity index (χ0n) is 16.2. The normalized spacial score (nSPS) is 14.5. The maximum Gasteiger partial charge on any atom is 0.416 e. The van der Waals surface area contributed by atoms with E-state index in [-0.39, 0.29) is 11.3 Å². The highest BCUT2D eigenvalue weighted by atomic mass is 35.5. The minimum absolute atomic E-state index is 0.0808. The Morgan fingerprint density at radius 1 is 1.13 bits per heavy atom. The van der Waals surface area contributed by atoms with Gasteiger partial charge in [-0.15, -0.1) is 0 Å². The molecule has 1 saturated heterocycles. The summed E-state index contributed by atoms with van der Waals surface area (Å²) in [6, 6.07) is 10.2. The van der Waals surface area contributed by atoms with Gasteiger partial charge in [-0.25, -0.2) is 4.68 Å². The van der Waals surface area contributed by atoms with Crippen molar-refractivity contribution in [1.29, 1.82) is 0 Å². The monoisotopic (exact) mass is 450 g/mol. The van der Waals surface area contributed by atoms with E-state index in [4.69, 9.17) is 16.3 Å². The van der Waals surface area contributed by atoms with Crippen LogP contribution in [0.15, 0.2) is 54.9 Å². The summed E-state index contributed by atoms with van der Waals surface area (Å²) in [6.45, 7) is 1.95. The lowest BCUT2D eigenvalue weighted by Gasteiger charge is -2.31. The number of morpholine rings is 1. The van der Waals surface area contributed by atoms with Crippen LogP contribution in [0.2, 0.25) is 5.02 Å². The van der Waals surface area contributed by atoms with Crippen molar-refractivity contribution < 1.29 is 22.7 Å². The molecule has 0 bridgehead atoms. The molecular weight excluding hydrogens is 433 g/mol. The van der Waals surface area contributed by atoms with E-state index in [0.717, 1.165) is 12.1 Å². The molecule has 3 aromatic rings. The Balaban J connectivity index is 1.62. The number of anilines is 2. The smallest absolute Gasteiger partial charge is 0.378 e. The zero-order chi connectivity index (χ0) is 22.0. The Morgan fingerprint density at radius 2 is 1.90 bits per heavy atom. The lowest BCUT2D eigenvalue weighted by molar-refractivity contribution is -0.137. The fourth-order valence-electron chi connectivity index (χ4n) is 3.29. The number of carbonyl (C=O) groups excluding carboxylic acids is 1. The molecule has 1 aliphatic heterocycles. The summed E-state index contributed by atoms with van der Waals surface area (Å²) in [4.78, 5) is 14.7. The molecule has 1 N–H and O–H groups in total. The van der Waals surface area contributed by atoms with Gasteiger partial charge in [0.25, 0.3) is 5.91 Å². The van der Waals surface area contributed by atoms with Gasteiger partial charge in [-0.1, -0.05) is 17.7 Å². The third kappa shape index (κ3) is 4.83. The second-order valence-corrected chi connectivity index (χ2v) is 7.37. The van der Waals surface area contributed by atoms with Crippen LogP contribution in [-0.4, -0.2) is 42.0 Å². The summed E-state index contributed by atoms with van der Waals surface area (Å²) in [7, 11) is 0. The summed E-state index contributed by atoms with van der Waals surface area (Å²) in [6.07, 6.45) is -1.69. The van der Waals surface area contributed by atoms with Crippen molar-refractivity contribution in [2.45, 2.75) is 6.18 Å². The highest BCUT2D eigenvalue weighted by molar-refractivity contribution is 6.30. The first-order valence-electron chi connectivity index (χ1n) is 9.47. The number of alkyl halides is 3. The van der Waals surface area contributed by atoms with Crippen molar-refractivity contribution in [1.82, 2.24) is 9.78 Å². The molecule has 1 aliphatic rings. The summed E-state index contributed by atoms with van der Waals surface area (Å²) in [5, 5.41) is 7.27. The highest BCUT2D eigenvalue weighted by Crippen LogP contribution is 2.36. The SMILES string of the molecule is O=C(Nc1cc(C(F)(F)F)ccc1N1CCOCC1)c1cnn(-c2cccc(Cl)c2)c1. The molecule has 2 aromatic carbocycles. The predicted molar refractivity (Wildman–Crippen MR) is 111 cm³/mol. The summed E-state index contributed by atoms with van der Waals surface area (Å²) >= 11 is 5.99. The molecule has 1 amide bonds. The van der Waals surface area contributed by atoms with E-state index in [2.05, 4.69) is 10.4 Å². The number of rotatable bonds is 4. The average Bonchev–Trinajstić information content (AvgIpc) is 3.24. The molecule has 1 aromatic heterocycles. The number of aromatic nitrogens is 2. The third-order valence-corrected chi connectivity index (χ3v) is 5.08. The average molecular weight is 451 g/mol. The fraction of sp³-hybridized carbons (Fsp3) is 0.238. The van der Waals surface area contributed by atoms with E-state index in [9.17, 15) is 18.0 Å². The van der Waals surface area contributed by atoms with Crippen molar-refractivity contribution in [2.24, 2.45) is 0 Å². The molecule has 31 heavy (non-hydrogen) atoms. The first-order chi connectivity index (χ1) is 14.8. The fourth-order valence-corrected chi connectivity index (χ4v) is 3.47. The van der Waals surface area contributed by atoms with Crippen LogP contribution in [-0.2, 0) is 10.9 Å². The molecule has 0 aliphatic carbocycles. The van der Waals surface area contributed by atoms with E-state index in [1.54, 1.807) is 24.3 Å². The molecule has 0 spiro atoms. The molecule has 0 unspecified atom stereocenters. The maximum absolute atomic E-state index is 13.3. The van der Waals surface area contributed by atoms with Gasteiger partial charge in [0.1, 0.15) is 0 Å². The first-order valence-corrected chi connectivity index (χ1v) is 9.85. The van der Waals surface area contributed by atoms with E-state index < -0.39 is 17.6 Å². The van der Waals surface area contributed by atoms with Crippen LogP contribution in [0.5, 0.6) is 0 Å². The van der Waals surface area contributed by atoms with Gasteiger partial charge in [-0.2, -0.15) is 18.3 Å². The van der Waals surface area contributed by atoms with Crippen molar-refractivity contribution in [3.63, 3.8) is 0 Å². The van der Waals surface area contributed by atoms with Gasteiger partial charge < -0.3 is 15.0 Å². The Hall–Kier alpha value is -3.04. The van der Waals surface area contributed by atoms with Gasteiger partial charge in [-0.05, 0) is 36.4 Å². The molecule has 2 heterocycles. The standard InChI is InChI=1S/C21H18ClF3N4O2/c22-16-2-1-3-17(11-16)29-13-14(12-26-29)20(30)27-18-10-15(21(23,24)25)4-5-19(18)28-6-8-31-9-7-28/h1-5,10-13H,6-9H2,(H,27,30). The van der Waals surface area contributed by atoms with E-state index in [1.807, 2.05) is 4.90 Å². The third-order valence-electron chi connectivity index (χ3n) is 4.84. The predicted octanol–water partition coefficient (Wildman–Crippen LogP) is 4.63. The lowest BCUT2D eigenvalue weighted by Crippen LogP contribution is -2.36. The van der Waals surface area contributed by atoms with Crippen LogP contribution in [0, 0.1) is 0 Å². The number of amides is 1. The van der Waals surface area contributed by atoms with Gasteiger partial charge in [-0.3, -0.25) is 4.79 Å². The number of benzene rings is 2. The minimum atomic E-state index is -4.53. The molecule has 1 fully saturated rings. The summed E-state index contributed by atoms with van der Waals surface area (Å²) in [5.74, 6) is -0.567. The first kappa shape index (κ1) is 21.2. The molecule has 0 saturated carbocycles. The zero-order valence-corrected chi connectivity index (χ0v) is 17.0. The number of ether oxygens (including phenoxy) is 1. The number of nitrogens with one attached hydrogen (secondary N) is 1. The van der Waals surface area contributed by atoms with Crippen molar-refractivity contribution >= 4 is 28.9 Å². The van der Waals surface area contributed by atoms with Gasteiger partial charge >= 0.3 is 6.18 Å². The van der Waals surface area contributed by atoms with Gasteiger partial charge in [0, 0.05) is 24.3 Å². The van der Waals surface area contributed by atoms with E-state index in [0.29, 0.717) is 42.7 Å². The van der Waals surface area contributed by atoms with Crippen LogP contribution < -0.4 is 10.2 Å². The Bertz CT molecular complexity index is 1090. The Kier molecular flexibility index (Phi) is 5.88. The van der Waals surface area contributed by atoms with Crippen molar-refractivity contribution in [3.05, 3.63) is 71.0 Å². The van der Waals surface area contributed by atoms with Crippen LogP contribution in [0.3, 0.4) is 0 Å². The molecular formula is C21H18ClF3N4O2. The minimum Gasteiger partial charge on any atom is -0.378 e. The highest BCUT2D eigenvalue weighted by Gasteiger charge is 2.32. The van der Waals surface area contributed by atoms with Crippen LogP contribution >= 0.6 is 11.6 Å². The molecule has 162 valence electrons. The number of hydrogen-bond donors (Lipinski definition) is 1. The second-order valence-electron chi connectivity index (χ2n) is 6.94. The number of carbonyl (C=O) groups is 1. The van der Waals surface area contributed by atoms with E-state index in [1.165, 1.54) is 23.1 Å². The number of hydrogen-bond acceptors (Lipinski definition) is 4. The van der Waals surface area contributed by atoms with Crippen LogP contribution in [0.25, 0.3) is 5.69 Å². The Labute approximate surface area is 181 Å². The number of nitrogens with zero attached hydrogens (tertiary/aromatic N) is 3. The van der Waals surface area contributed by atoms with Crippen LogP contribution in [0.1, 0.15) is 15.9 Å². The van der Waals surface area contributed by atoms with Gasteiger partial charge in [0.15, 0.2) is 0 Å². The summed E-state index contributed by atoms with van der Waals surface area (Å²) < 4.78 is 46.5. The van der Waals surface area contributed by atoms with Gasteiger partial charge in [0.2, 0.25) is 0 Å². The maximum atomic E-state index is 13.3. The molecule has 6 nitrogen and oxygen atoms in total. The van der Waals surface area contributed by atoms with Gasteiger partial charge in [0.05, 0.1) is 47.6 Å². The summed E-state index contributed by atoms with van der Waals surface area (Å²) in [5.41, 5.74) is 0.600. The van der Waals surface area contributed by atoms with Crippen LogP contribution in [0.4, 0.5) is 24.5 Å². The molecule has 4 rings (SSSR count). The molecule has 0 radical (unpaired) electrons. The second kappa shape index (κ2) is 8.60. The van der Waals surface area contributed by atoms with Crippen molar-refractivity contribution in [3.8, 4) is 5.69 Å². The molecule has 0 atom stereocenters. The Morgan fingerprint density at radius 3 is 2.61 bits per heavy atom. The quantitative estimate of drug-likeness (QED) is 0.629. The topological polar surface area (TPSA) is 59.4 Å².